The minimum atomic E-state index is -0.275. The number of rotatable bonds is 5. The van der Waals surface area contributed by atoms with E-state index < -0.39 is 0 Å². The smallest absolute Gasteiger partial charge is 0.265 e. The molecule has 0 aliphatic rings. The van der Waals surface area contributed by atoms with E-state index in [-0.39, 0.29) is 11.8 Å². The number of hydrogen-bond acceptors (Lipinski definition) is 5. The number of aromatic nitrogens is 1. The second-order valence-electron chi connectivity index (χ2n) is 6.80. The first kappa shape index (κ1) is 20.0. The van der Waals surface area contributed by atoms with Gasteiger partial charge in [-0.05, 0) is 60.7 Å². The molecule has 2 aromatic heterocycles. The molecule has 2 N–H and O–H groups in total. The molecule has 0 atom stereocenters. The lowest BCUT2D eigenvalue weighted by atomic mass is 10.1. The maximum Gasteiger partial charge on any atom is 0.265 e. The van der Waals surface area contributed by atoms with Crippen LogP contribution in [-0.2, 0) is 0 Å². The van der Waals surface area contributed by atoms with Crippen LogP contribution in [0.5, 0.6) is 0 Å². The van der Waals surface area contributed by atoms with Crippen molar-refractivity contribution in [1.29, 1.82) is 0 Å². The number of nitrogens with zero attached hydrogens (tertiary/aromatic N) is 1. The molecule has 0 fully saturated rings. The molecule has 2 aromatic carbocycles. The normalized spacial score (nSPS) is 10.6. The predicted octanol–water partition coefficient (Wildman–Crippen LogP) is 5.99. The van der Waals surface area contributed by atoms with Crippen LogP contribution in [-0.4, -0.2) is 16.8 Å². The first-order chi connectivity index (χ1) is 14.5. The van der Waals surface area contributed by atoms with E-state index in [1.165, 1.54) is 33.8 Å². The second-order valence-corrected chi connectivity index (χ2v) is 8.61. The molecule has 0 unspecified atom stereocenters. The average Bonchev–Trinajstić information content (AvgIpc) is 3.43. The molecule has 0 bridgehead atoms. The van der Waals surface area contributed by atoms with Gasteiger partial charge in [-0.1, -0.05) is 24.3 Å². The Labute approximate surface area is 182 Å². The predicted molar refractivity (Wildman–Crippen MR) is 124 cm³/mol. The second kappa shape index (κ2) is 8.61. The van der Waals surface area contributed by atoms with Gasteiger partial charge in [0.2, 0.25) is 0 Å². The maximum absolute atomic E-state index is 12.7. The molecule has 4 rings (SSSR count). The summed E-state index contributed by atoms with van der Waals surface area (Å²) in [5, 5.41) is 9.96. The van der Waals surface area contributed by atoms with E-state index in [0.717, 1.165) is 11.3 Å². The number of carbonyl (C=O) groups excluding carboxylic acids is 2. The number of amides is 2. The third-order valence-corrected chi connectivity index (χ3v) is 6.28. The number of nitrogens with one attached hydrogen (secondary N) is 2. The molecule has 2 heterocycles. The molecule has 30 heavy (non-hydrogen) atoms. The summed E-state index contributed by atoms with van der Waals surface area (Å²) in [5.41, 5.74) is 5.29. The largest absolute Gasteiger partial charge is 0.321 e. The Morgan fingerprint density at radius 1 is 0.867 bits per heavy atom. The van der Waals surface area contributed by atoms with Crippen molar-refractivity contribution in [2.45, 2.75) is 13.8 Å². The molecule has 0 aliphatic carbocycles. The van der Waals surface area contributed by atoms with Gasteiger partial charge in [0.1, 0.15) is 0 Å². The lowest BCUT2D eigenvalue weighted by molar-refractivity contribution is 0.101. The van der Waals surface area contributed by atoms with Crippen LogP contribution in [0.25, 0.3) is 11.3 Å². The van der Waals surface area contributed by atoms with E-state index in [9.17, 15) is 9.59 Å². The van der Waals surface area contributed by atoms with Crippen LogP contribution in [0.3, 0.4) is 0 Å². The van der Waals surface area contributed by atoms with Crippen LogP contribution in [0.1, 0.15) is 31.2 Å². The summed E-state index contributed by atoms with van der Waals surface area (Å²) in [5.74, 6) is -0.469. The highest BCUT2D eigenvalue weighted by Crippen LogP contribution is 2.27. The van der Waals surface area contributed by atoms with Gasteiger partial charge in [-0.2, -0.15) is 0 Å². The summed E-state index contributed by atoms with van der Waals surface area (Å²) < 4.78 is 0. The van der Waals surface area contributed by atoms with E-state index in [0.29, 0.717) is 21.3 Å². The fraction of sp³-hybridized carbons (Fsp3) is 0.0870. The zero-order chi connectivity index (χ0) is 21.1. The summed E-state index contributed by atoms with van der Waals surface area (Å²) in [6.07, 6.45) is 0. The SMILES string of the molecule is Cc1ccc(-c2csc(NC(=O)c3cccc(NC(=O)c4cccs4)c3)n2)cc1C. The van der Waals surface area contributed by atoms with Gasteiger partial charge in [0.05, 0.1) is 10.6 Å². The van der Waals surface area contributed by atoms with Gasteiger partial charge >= 0.3 is 0 Å². The lowest BCUT2D eigenvalue weighted by Crippen LogP contribution is -2.14. The Kier molecular flexibility index (Phi) is 5.74. The lowest BCUT2D eigenvalue weighted by Gasteiger charge is -2.06. The van der Waals surface area contributed by atoms with Gasteiger partial charge < -0.3 is 5.32 Å². The van der Waals surface area contributed by atoms with Crippen molar-refractivity contribution in [3.05, 3.63) is 86.9 Å². The van der Waals surface area contributed by atoms with Crippen molar-refractivity contribution >= 4 is 45.3 Å². The molecule has 5 nitrogen and oxygen atoms in total. The van der Waals surface area contributed by atoms with Crippen molar-refractivity contribution in [2.24, 2.45) is 0 Å². The minimum absolute atomic E-state index is 0.194. The van der Waals surface area contributed by atoms with Crippen molar-refractivity contribution in [3.8, 4) is 11.3 Å². The summed E-state index contributed by atoms with van der Waals surface area (Å²) >= 11 is 2.75. The van der Waals surface area contributed by atoms with Gasteiger partial charge in [0.15, 0.2) is 5.13 Å². The first-order valence-corrected chi connectivity index (χ1v) is 11.0. The van der Waals surface area contributed by atoms with Crippen molar-refractivity contribution < 1.29 is 9.59 Å². The molecule has 0 saturated heterocycles. The minimum Gasteiger partial charge on any atom is -0.321 e. The Hall–Kier alpha value is -3.29. The fourth-order valence-corrected chi connectivity index (χ4v) is 4.21. The van der Waals surface area contributed by atoms with Gasteiger partial charge in [-0.15, -0.1) is 22.7 Å². The van der Waals surface area contributed by atoms with Crippen LogP contribution < -0.4 is 10.6 Å². The zero-order valence-corrected chi connectivity index (χ0v) is 18.1. The van der Waals surface area contributed by atoms with Crippen molar-refractivity contribution in [1.82, 2.24) is 4.98 Å². The van der Waals surface area contributed by atoms with E-state index in [1.54, 1.807) is 30.3 Å². The Bertz CT molecular complexity index is 1210. The highest BCUT2D eigenvalue weighted by molar-refractivity contribution is 7.14. The van der Waals surface area contributed by atoms with Crippen LogP contribution in [0.15, 0.2) is 65.4 Å². The van der Waals surface area contributed by atoms with Crippen LogP contribution >= 0.6 is 22.7 Å². The van der Waals surface area contributed by atoms with Gasteiger partial charge in [0, 0.05) is 22.2 Å². The average molecular weight is 434 g/mol. The summed E-state index contributed by atoms with van der Waals surface area (Å²) in [7, 11) is 0. The number of anilines is 2. The summed E-state index contributed by atoms with van der Waals surface area (Å²) in [4.78, 5) is 30.0. The Morgan fingerprint density at radius 2 is 1.73 bits per heavy atom. The van der Waals surface area contributed by atoms with Gasteiger partial charge in [-0.3, -0.25) is 14.9 Å². The quantitative estimate of drug-likeness (QED) is 0.406. The monoisotopic (exact) mass is 433 g/mol. The first-order valence-electron chi connectivity index (χ1n) is 9.29. The number of thiazole rings is 1. The van der Waals surface area contributed by atoms with Crippen LogP contribution in [0, 0.1) is 13.8 Å². The van der Waals surface area contributed by atoms with E-state index >= 15 is 0 Å². The molecule has 0 spiro atoms. The molecular weight excluding hydrogens is 414 g/mol. The van der Waals surface area contributed by atoms with E-state index in [4.69, 9.17) is 0 Å². The number of thiophene rings is 1. The molecule has 2 amide bonds. The number of hydrogen-bond donors (Lipinski definition) is 2. The molecule has 0 radical (unpaired) electrons. The standard InChI is InChI=1S/C23H19N3O2S2/c1-14-8-9-16(11-15(14)2)19-13-30-23(25-19)26-21(27)17-5-3-6-18(12-17)24-22(28)20-7-4-10-29-20/h3-13H,1-2H3,(H,24,28)(H,25,26,27). The van der Waals surface area contributed by atoms with E-state index in [1.807, 2.05) is 22.9 Å². The Balaban J connectivity index is 1.46. The van der Waals surface area contributed by atoms with Crippen LogP contribution in [0.2, 0.25) is 0 Å². The molecular formula is C23H19N3O2S2. The highest BCUT2D eigenvalue weighted by atomic mass is 32.1. The fourth-order valence-electron chi connectivity index (χ4n) is 2.87. The third-order valence-electron chi connectivity index (χ3n) is 4.65. The van der Waals surface area contributed by atoms with Crippen molar-refractivity contribution in [2.75, 3.05) is 10.6 Å². The maximum atomic E-state index is 12.7. The number of carbonyl (C=O) groups is 2. The third kappa shape index (κ3) is 4.48. The zero-order valence-electron chi connectivity index (χ0n) is 16.4. The van der Waals surface area contributed by atoms with Gasteiger partial charge in [-0.25, -0.2) is 4.98 Å². The molecule has 4 aromatic rings. The van der Waals surface area contributed by atoms with Crippen LogP contribution in [0.4, 0.5) is 10.8 Å². The summed E-state index contributed by atoms with van der Waals surface area (Å²) in [6.45, 7) is 4.14. The highest BCUT2D eigenvalue weighted by Gasteiger charge is 2.12. The van der Waals surface area contributed by atoms with Gasteiger partial charge in [0.25, 0.3) is 11.8 Å². The van der Waals surface area contributed by atoms with Crippen molar-refractivity contribution in [3.63, 3.8) is 0 Å². The molecule has 0 aliphatic heterocycles. The molecule has 0 saturated carbocycles. The van der Waals surface area contributed by atoms with E-state index in [2.05, 4.69) is 41.6 Å². The molecule has 7 heteroatoms. The number of benzene rings is 2. The number of aryl methyl sites for hydroxylation is 2. The molecule has 150 valence electrons. The Morgan fingerprint density at radius 3 is 2.50 bits per heavy atom. The topological polar surface area (TPSA) is 71.1 Å². The summed E-state index contributed by atoms with van der Waals surface area (Å²) in [6, 6.07) is 16.6.